The first-order chi connectivity index (χ1) is 7.22. The predicted molar refractivity (Wildman–Crippen MR) is 62.4 cm³/mol. The maximum absolute atomic E-state index is 5.77. The molecule has 0 aliphatic heterocycles. The topological polar surface area (TPSA) is 27.7 Å². The molecule has 0 radical (unpaired) electrons. The van der Waals surface area contributed by atoms with Crippen molar-refractivity contribution in [2.45, 2.75) is 5.88 Å². The summed E-state index contributed by atoms with van der Waals surface area (Å²) in [5.74, 6) is 0.468. The molecule has 0 aromatic heterocycles. The first kappa shape index (κ1) is 12.7. The van der Waals surface area contributed by atoms with E-state index in [1.807, 2.05) is 24.3 Å². The zero-order valence-electron chi connectivity index (χ0n) is 9.12. The molecular formula is C10H15ClO3Si. The van der Waals surface area contributed by atoms with Crippen molar-refractivity contribution in [3.05, 3.63) is 29.8 Å². The molecule has 3 nitrogen and oxygen atoms in total. The zero-order chi connectivity index (χ0) is 11.3. The Kier molecular flexibility index (Phi) is 4.75. The fourth-order valence-corrected chi connectivity index (χ4v) is 3.48. The SMILES string of the molecule is CO[Si](OC)(OC)c1cccc(CCl)c1. The molecule has 0 fully saturated rings. The molecule has 0 aliphatic rings. The van der Waals surface area contributed by atoms with Gasteiger partial charge in [-0.15, -0.1) is 11.6 Å². The number of alkyl halides is 1. The Balaban J connectivity index is 3.10. The quantitative estimate of drug-likeness (QED) is 0.582. The Labute approximate surface area is 96.3 Å². The van der Waals surface area contributed by atoms with E-state index in [4.69, 9.17) is 24.9 Å². The predicted octanol–water partition coefficient (Wildman–Crippen LogP) is 1.51. The molecule has 0 unspecified atom stereocenters. The van der Waals surface area contributed by atoms with Crippen LogP contribution >= 0.6 is 11.6 Å². The minimum atomic E-state index is -2.70. The van der Waals surface area contributed by atoms with Gasteiger partial charge in [-0.2, -0.15) is 0 Å². The molecule has 0 saturated carbocycles. The van der Waals surface area contributed by atoms with Gasteiger partial charge >= 0.3 is 8.80 Å². The van der Waals surface area contributed by atoms with Gasteiger partial charge in [-0.3, -0.25) is 0 Å². The van der Waals surface area contributed by atoms with Gasteiger partial charge in [0.25, 0.3) is 0 Å². The van der Waals surface area contributed by atoms with Gasteiger partial charge in [0.1, 0.15) is 0 Å². The van der Waals surface area contributed by atoms with Gasteiger partial charge in [-0.1, -0.05) is 24.3 Å². The number of rotatable bonds is 5. The second-order valence-electron chi connectivity index (χ2n) is 3.00. The Morgan fingerprint density at radius 1 is 1.13 bits per heavy atom. The number of halogens is 1. The smallest absolute Gasteiger partial charge is 0.373 e. The lowest BCUT2D eigenvalue weighted by Crippen LogP contribution is -2.54. The van der Waals surface area contributed by atoms with Crippen LogP contribution in [0.1, 0.15) is 5.56 Å². The average Bonchev–Trinajstić information content (AvgIpc) is 2.32. The van der Waals surface area contributed by atoms with E-state index in [0.717, 1.165) is 10.8 Å². The van der Waals surface area contributed by atoms with E-state index in [-0.39, 0.29) is 0 Å². The van der Waals surface area contributed by atoms with Crippen LogP contribution in [0.5, 0.6) is 0 Å². The van der Waals surface area contributed by atoms with Crippen LogP contribution in [-0.4, -0.2) is 30.1 Å². The van der Waals surface area contributed by atoms with E-state index in [9.17, 15) is 0 Å². The van der Waals surface area contributed by atoms with Crippen molar-refractivity contribution in [1.82, 2.24) is 0 Å². The lowest BCUT2D eigenvalue weighted by atomic mass is 10.2. The third-order valence-corrected chi connectivity index (χ3v) is 5.18. The van der Waals surface area contributed by atoms with E-state index < -0.39 is 8.80 Å². The molecular weight excluding hydrogens is 232 g/mol. The second-order valence-corrected chi connectivity index (χ2v) is 6.18. The normalized spacial score (nSPS) is 11.7. The molecule has 0 atom stereocenters. The van der Waals surface area contributed by atoms with Crippen molar-refractivity contribution in [3.8, 4) is 0 Å². The van der Waals surface area contributed by atoms with E-state index in [0.29, 0.717) is 5.88 Å². The fraction of sp³-hybridized carbons (Fsp3) is 0.400. The summed E-state index contributed by atoms with van der Waals surface area (Å²) in [6.45, 7) is 0. The summed E-state index contributed by atoms with van der Waals surface area (Å²) in [7, 11) is 2.07. The van der Waals surface area contributed by atoms with Gasteiger partial charge in [-0.05, 0) is 5.56 Å². The fourth-order valence-electron chi connectivity index (χ4n) is 1.45. The van der Waals surface area contributed by atoms with Gasteiger partial charge in [-0.25, -0.2) is 0 Å². The van der Waals surface area contributed by atoms with E-state index in [2.05, 4.69) is 0 Å². The molecule has 15 heavy (non-hydrogen) atoms. The van der Waals surface area contributed by atoms with Crippen molar-refractivity contribution in [1.29, 1.82) is 0 Å². The van der Waals surface area contributed by atoms with Crippen LogP contribution in [0.15, 0.2) is 24.3 Å². The van der Waals surface area contributed by atoms with Crippen molar-refractivity contribution in [2.75, 3.05) is 21.3 Å². The van der Waals surface area contributed by atoms with Crippen LogP contribution in [0.25, 0.3) is 0 Å². The lowest BCUT2D eigenvalue weighted by Gasteiger charge is -2.24. The maximum Gasteiger partial charge on any atom is 0.536 e. The highest BCUT2D eigenvalue weighted by Gasteiger charge is 2.40. The number of hydrogen-bond acceptors (Lipinski definition) is 3. The highest BCUT2D eigenvalue weighted by atomic mass is 35.5. The van der Waals surface area contributed by atoms with Crippen LogP contribution in [-0.2, 0) is 19.2 Å². The molecule has 1 aromatic rings. The molecule has 0 spiro atoms. The Hall–Kier alpha value is -0.393. The van der Waals surface area contributed by atoms with Gasteiger partial charge in [0, 0.05) is 32.4 Å². The van der Waals surface area contributed by atoms with E-state index >= 15 is 0 Å². The third-order valence-electron chi connectivity index (χ3n) is 2.24. The Morgan fingerprint density at radius 2 is 1.73 bits per heavy atom. The summed E-state index contributed by atoms with van der Waals surface area (Å²) >= 11 is 5.77. The summed E-state index contributed by atoms with van der Waals surface area (Å²) in [4.78, 5) is 0. The van der Waals surface area contributed by atoms with E-state index in [1.165, 1.54) is 0 Å². The Morgan fingerprint density at radius 3 is 2.20 bits per heavy atom. The first-order valence-corrected chi connectivity index (χ1v) is 6.79. The molecule has 0 N–H and O–H groups in total. The van der Waals surface area contributed by atoms with Crippen LogP contribution in [0.4, 0.5) is 0 Å². The zero-order valence-corrected chi connectivity index (χ0v) is 10.9. The summed E-state index contributed by atoms with van der Waals surface area (Å²) in [5, 5.41) is 0.924. The number of benzene rings is 1. The highest BCUT2D eigenvalue weighted by Crippen LogP contribution is 2.09. The molecule has 1 aromatic carbocycles. The van der Waals surface area contributed by atoms with Crippen molar-refractivity contribution >= 4 is 25.6 Å². The summed E-state index contributed by atoms with van der Waals surface area (Å²) in [6.07, 6.45) is 0. The van der Waals surface area contributed by atoms with Crippen LogP contribution in [0.3, 0.4) is 0 Å². The van der Waals surface area contributed by atoms with E-state index in [1.54, 1.807) is 21.3 Å². The molecule has 84 valence electrons. The van der Waals surface area contributed by atoms with Gasteiger partial charge < -0.3 is 13.3 Å². The van der Waals surface area contributed by atoms with Gasteiger partial charge in [0.2, 0.25) is 0 Å². The maximum atomic E-state index is 5.77. The summed E-state index contributed by atoms with van der Waals surface area (Å²) in [6, 6.07) is 7.76. The number of hydrogen-bond donors (Lipinski definition) is 0. The molecule has 1 rings (SSSR count). The largest absolute Gasteiger partial charge is 0.536 e. The molecule has 0 bridgehead atoms. The minimum absolute atomic E-state index is 0.468. The third kappa shape index (κ3) is 2.59. The molecule has 0 amide bonds. The lowest BCUT2D eigenvalue weighted by molar-refractivity contribution is 0.140. The highest BCUT2D eigenvalue weighted by molar-refractivity contribution is 6.75. The monoisotopic (exact) mass is 246 g/mol. The minimum Gasteiger partial charge on any atom is -0.373 e. The van der Waals surface area contributed by atoms with Crippen LogP contribution in [0, 0.1) is 0 Å². The molecule has 0 heterocycles. The van der Waals surface area contributed by atoms with Crippen molar-refractivity contribution in [3.63, 3.8) is 0 Å². The van der Waals surface area contributed by atoms with Gasteiger partial charge in [0.15, 0.2) is 0 Å². The standard InChI is InChI=1S/C10H15ClO3Si/c1-12-15(13-2,14-3)10-6-4-5-9(7-10)8-11/h4-7H,8H2,1-3H3. The van der Waals surface area contributed by atoms with Crippen LogP contribution < -0.4 is 5.19 Å². The second kappa shape index (κ2) is 5.63. The van der Waals surface area contributed by atoms with Crippen molar-refractivity contribution < 1.29 is 13.3 Å². The molecule has 0 aliphatic carbocycles. The molecule has 5 heteroatoms. The summed E-state index contributed by atoms with van der Waals surface area (Å²) < 4.78 is 16.1. The van der Waals surface area contributed by atoms with Crippen LogP contribution in [0.2, 0.25) is 0 Å². The average molecular weight is 247 g/mol. The molecule has 0 saturated heterocycles. The Bertz CT molecular complexity index is 307. The van der Waals surface area contributed by atoms with Gasteiger partial charge in [0.05, 0.1) is 0 Å². The van der Waals surface area contributed by atoms with Crippen molar-refractivity contribution in [2.24, 2.45) is 0 Å². The first-order valence-electron chi connectivity index (χ1n) is 4.53. The summed E-state index contributed by atoms with van der Waals surface area (Å²) in [5.41, 5.74) is 1.03.